The first kappa shape index (κ1) is 17.9. The number of rotatable bonds is 6. The van der Waals surface area contributed by atoms with Crippen LogP contribution in [0.5, 0.6) is 0 Å². The molecule has 1 aromatic carbocycles. The van der Waals surface area contributed by atoms with E-state index in [4.69, 9.17) is 11.1 Å². The van der Waals surface area contributed by atoms with Crippen molar-refractivity contribution in [2.24, 2.45) is 5.73 Å². The number of amides is 1. The summed E-state index contributed by atoms with van der Waals surface area (Å²) in [6, 6.07) is 15.5. The van der Waals surface area contributed by atoms with Crippen LogP contribution in [0.25, 0.3) is 21.5 Å². The number of fused-ring (bicyclic) bond motifs is 1. The minimum Gasteiger partial charge on any atom is -0.384 e. The van der Waals surface area contributed by atoms with Crippen molar-refractivity contribution < 1.29 is 4.79 Å². The second kappa shape index (κ2) is 7.66. The summed E-state index contributed by atoms with van der Waals surface area (Å²) in [6.45, 7) is 0.529. The fraction of sp³-hybridized carbons (Fsp3) is 0.0952. The van der Waals surface area contributed by atoms with Crippen molar-refractivity contribution >= 4 is 34.0 Å². The van der Waals surface area contributed by atoms with Crippen LogP contribution < -0.4 is 11.1 Å². The molecule has 0 saturated heterocycles. The predicted octanol–water partition coefficient (Wildman–Crippen LogP) is 3.55. The highest BCUT2D eigenvalue weighted by atomic mass is 32.1. The van der Waals surface area contributed by atoms with Gasteiger partial charge < -0.3 is 16.0 Å². The third-order valence-corrected chi connectivity index (χ3v) is 5.59. The molecule has 7 heteroatoms. The smallest absolute Gasteiger partial charge is 0.261 e. The maximum absolute atomic E-state index is 12.4. The van der Waals surface area contributed by atoms with Gasteiger partial charge in [-0.15, -0.1) is 11.3 Å². The third-order valence-electron chi connectivity index (χ3n) is 4.48. The van der Waals surface area contributed by atoms with Gasteiger partial charge in [0, 0.05) is 35.4 Å². The monoisotopic (exact) mass is 389 g/mol. The summed E-state index contributed by atoms with van der Waals surface area (Å²) in [5, 5.41) is 11.5. The van der Waals surface area contributed by atoms with Crippen molar-refractivity contribution in [3.63, 3.8) is 0 Å². The summed E-state index contributed by atoms with van der Waals surface area (Å²) in [4.78, 5) is 21.5. The van der Waals surface area contributed by atoms with Crippen molar-refractivity contribution in [1.29, 1.82) is 5.41 Å². The maximum atomic E-state index is 12.4. The number of aromatic amines is 1. The lowest BCUT2D eigenvalue weighted by Crippen LogP contribution is -2.24. The Morgan fingerprint density at radius 1 is 1.21 bits per heavy atom. The average Bonchev–Trinajstić information content (AvgIpc) is 3.36. The van der Waals surface area contributed by atoms with E-state index in [9.17, 15) is 4.79 Å². The van der Waals surface area contributed by atoms with Crippen molar-refractivity contribution in [2.75, 3.05) is 6.54 Å². The largest absolute Gasteiger partial charge is 0.384 e. The summed E-state index contributed by atoms with van der Waals surface area (Å²) in [7, 11) is 0. The molecule has 5 N–H and O–H groups in total. The Morgan fingerprint density at radius 2 is 2.11 bits per heavy atom. The first-order valence-corrected chi connectivity index (χ1v) is 9.67. The summed E-state index contributed by atoms with van der Waals surface area (Å²) in [6.07, 6.45) is 4.19. The molecule has 0 atom stereocenters. The molecular weight excluding hydrogens is 370 g/mol. The summed E-state index contributed by atoms with van der Waals surface area (Å²) in [5.41, 5.74) is 9.21. The van der Waals surface area contributed by atoms with Crippen LogP contribution in [0.4, 0.5) is 0 Å². The summed E-state index contributed by atoms with van der Waals surface area (Å²) >= 11 is 1.43. The number of H-pyrrole nitrogens is 1. The highest BCUT2D eigenvalue weighted by Crippen LogP contribution is 2.26. The van der Waals surface area contributed by atoms with Crippen LogP contribution >= 0.6 is 11.3 Å². The van der Waals surface area contributed by atoms with Gasteiger partial charge in [-0.3, -0.25) is 15.2 Å². The molecule has 6 nitrogen and oxygen atoms in total. The molecule has 4 aromatic rings. The van der Waals surface area contributed by atoms with Crippen LogP contribution in [0.3, 0.4) is 0 Å². The number of benzene rings is 1. The van der Waals surface area contributed by atoms with Gasteiger partial charge in [-0.25, -0.2) is 0 Å². The van der Waals surface area contributed by atoms with Crippen LogP contribution in [0, 0.1) is 5.41 Å². The quantitative estimate of drug-likeness (QED) is 0.299. The molecular formula is C21H19N5OS. The second-order valence-corrected chi connectivity index (χ2v) is 7.46. The van der Waals surface area contributed by atoms with E-state index in [0.29, 0.717) is 23.4 Å². The van der Waals surface area contributed by atoms with Gasteiger partial charge in [-0.05, 0) is 48.4 Å². The molecule has 28 heavy (non-hydrogen) atoms. The SMILES string of the molecule is N=C(N)c1c[nH]c2ccc(CCNC(=O)c3ccc(-c4ccccn4)s3)cc12. The Kier molecular flexibility index (Phi) is 4.90. The van der Waals surface area contributed by atoms with Crippen molar-refractivity contribution in [3.8, 4) is 10.6 Å². The number of carbonyl (C=O) groups is 1. The number of nitrogens with one attached hydrogen (secondary N) is 3. The van der Waals surface area contributed by atoms with Gasteiger partial charge in [0.15, 0.2) is 0 Å². The Labute approximate surface area is 165 Å². The molecule has 0 saturated carbocycles. The fourth-order valence-corrected chi connectivity index (χ4v) is 3.96. The molecule has 0 aliphatic carbocycles. The van der Waals surface area contributed by atoms with Gasteiger partial charge in [-0.2, -0.15) is 0 Å². The van der Waals surface area contributed by atoms with Crippen LogP contribution in [-0.2, 0) is 6.42 Å². The van der Waals surface area contributed by atoms with E-state index in [1.807, 2.05) is 48.5 Å². The zero-order valence-corrected chi connectivity index (χ0v) is 15.8. The van der Waals surface area contributed by atoms with Crippen LogP contribution in [-0.4, -0.2) is 28.3 Å². The number of hydrogen-bond donors (Lipinski definition) is 4. The number of nitrogens with zero attached hydrogens (tertiary/aromatic N) is 1. The number of amidine groups is 1. The minimum atomic E-state index is -0.0840. The van der Waals surface area contributed by atoms with Gasteiger partial charge in [0.25, 0.3) is 5.91 Å². The molecule has 0 unspecified atom stereocenters. The number of carbonyl (C=O) groups excluding carboxylic acids is 1. The van der Waals surface area contributed by atoms with E-state index >= 15 is 0 Å². The van der Waals surface area contributed by atoms with E-state index in [1.54, 1.807) is 12.4 Å². The molecule has 0 spiro atoms. The van der Waals surface area contributed by atoms with Crippen molar-refractivity contribution in [3.05, 3.63) is 76.9 Å². The van der Waals surface area contributed by atoms with Crippen LogP contribution in [0.1, 0.15) is 20.8 Å². The number of hydrogen-bond acceptors (Lipinski definition) is 4. The molecule has 140 valence electrons. The number of nitrogen functional groups attached to an aromatic ring is 1. The number of aromatic nitrogens is 2. The first-order chi connectivity index (χ1) is 13.6. The van der Waals surface area contributed by atoms with Gasteiger partial charge in [-0.1, -0.05) is 12.1 Å². The number of pyridine rings is 1. The lowest BCUT2D eigenvalue weighted by Gasteiger charge is -2.05. The van der Waals surface area contributed by atoms with E-state index in [-0.39, 0.29) is 11.7 Å². The predicted molar refractivity (Wildman–Crippen MR) is 113 cm³/mol. The highest BCUT2D eigenvalue weighted by molar-refractivity contribution is 7.17. The van der Waals surface area contributed by atoms with Crippen LogP contribution in [0.15, 0.2) is 60.9 Å². The van der Waals surface area contributed by atoms with Gasteiger partial charge in [0.05, 0.1) is 15.4 Å². The highest BCUT2D eigenvalue weighted by Gasteiger charge is 2.11. The Balaban J connectivity index is 1.39. The lowest BCUT2D eigenvalue weighted by molar-refractivity contribution is 0.0958. The minimum absolute atomic E-state index is 0.0399. The Bertz CT molecular complexity index is 1150. The molecule has 1 amide bonds. The molecule has 0 aliphatic rings. The van der Waals surface area contributed by atoms with Crippen molar-refractivity contribution in [2.45, 2.75) is 6.42 Å². The number of thiophene rings is 1. The molecule has 0 fully saturated rings. The summed E-state index contributed by atoms with van der Waals surface area (Å²) < 4.78 is 0. The molecule has 0 aliphatic heterocycles. The standard InChI is InChI=1S/C21H19N5OS/c22-20(23)15-12-26-16-5-4-13(11-14(15)16)8-10-25-21(27)19-7-6-18(28-19)17-3-1-2-9-24-17/h1-7,9,11-12,26H,8,10H2,(H3,22,23)(H,25,27). The fourth-order valence-electron chi connectivity index (χ4n) is 3.06. The lowest BCUT2D eigenvalue weighted by atomic mass is 10.1. The Hall–Kier alpha value is -3.45. The maximum Gasteiger partial charge on any atom is 0.261 e. The van der Waals surface area contributed by atoms with Crippen LogP contribution in [0.2, 0.25) is 0 Å². The summed E-state index contributed by atoms with van der Waals surface area (Å²) in [5.74, 6) is -0.0440. The normalized spacial score (nSPS) is 10.9. The van der Waals surface area contributed by atoms with E-state index in [2.05, 4.69) is 15.3 Å². The second-order valence-electron chi connectivity index (χ2n) is 6.38. The molecule has 0 bridgehead atoms. The van der Waals surface area contributed by atoms with Crippen molar-refractivity contribution in [1.82, 2.24) is 15.3 Å². The Morgan fingerprint density at radius 3 is 2.89 bits per heavy atom. The zero-order valence-electron chi connectivity index (χ0n) is 15.0. The molecule has 0 radical (unpaired) electrons. The number of nitrogens with two attached hydrogens (primary N) is 1. The van der Waals surface area contributed by atoms with Gasteiger partial charge >= 0.3 is 0 Å². The zero-order chi connectivity index (χ0) is 19.5. The topological polar surface area (TPSA) is 108 Å². The van der Waals surface area contributed by atoms with E-state index in [1.165, 1.54) is 11.3 Å². The first-order valence-electron chi connectivity index (χ1n) is 8.85. The van der Waals surface area contributed by atoms with E-state index < -0.39 is 0 Å². The van der Waals surface area contributed by atoms with E-state index in [0.717, 1.165) is 27.0 Å². The van der Waals surface area contributed by atoms with Gasteiger partial charge in [0.2, 0.25) is 0 Å². The molecule has 3 heterocycles. The molecule has 4 rings (SSSR count). The molecule has 3 aromatic heterocycles. The average molecular weight is 389 g/mol. The van der Waals surface area contributed by atoms with Gasteiger partial charge in [0.1, 0.15) is 5.84 Å². The third kappa shape index (κ3) is 3.65.